The number of nitro benzene ring substituents is 1. The second kappa shape index (κ2) is 11.0. The fraction of sp³-hybridized carbons (Fsp3) is 0.348. The molecule has 0 bridgehead atoms. The molecule has 1 heterocycles. The molecule has 0 fully saturated rings. The minimum atomic E-state index is -0.499. The van der Waals surface area contributed by atoms with Crippen LogP contribution in [0.1, 0.15) is 26.3 Å². The lowest BCUT2D eigenvalue weighted by atomic mass is 10.2. The summed E-state index contributed by atoms with van der Waals surface area (Å²) in [7, 11) is 0. The molecule has 3 rings (SSSR count). The molecule has 0 saturated heterocycles. The summed E-state index contributed by atoms with van der Waals surface area (Å²) in [5.74, 6) is 0.452. The maximum Gasteiger partial charge on any atom is 0.293 e. The number of aromatic nitrogens is 3. The Bertz CT molecular complexity index is 1130. The Kier molecular flexibility index (Phi) is 8.05. The highest BCUT2D eigenvalue weighted by molar-refractivity contribution is 7.99. The first-order valence-corrected chi connectivity index (χ1v) is 11.8. The van der Waals surface area contributed by atoms with Crippen molar-refractivity contribution in [1.82, 2.24) is 14.8 Å². The molecule has 0 unspecified atom stereocenters. The lowest BCUT2D eigenvalue weighted by Gasteiger charge is -2.21. The van der Waals surface area contributed by atoms with Crippen LogP contribution in [0.2, 0.25) is 0 Å². The fourth-order valence-electron chi connectivity index (χ4n) is 3.52. The summed E-state index contributed by atoms with van der Waals surface area (Å²) in [6, 6.07) is 12.9. The van der Waals surface area contributed by atoms with Gasteiger partial charge >= 0.3 is 0 Å². The van der Waals surface area contributed by atoms with E-state index in [0.29, 0.717) is 11.7 Å². The van der Waals surface area contributed by atoms with Crippen molar-refractivity contribution in [3.8, 4) is 11.4 Å². The van der Waals surface area contributed by atoms with Crippen molar-refractivity contribution in [2.24, 2.45) is 0 Å². The number of benzene rings is 2. The molecule has 174 valence electrons. The molecule has 0 aliphatic heterocycles. The number of rotatable bonds is 10. The molecule has 0 atom stereocenters. The van der Waals surface area contributed by atoms with Crippen LogP contribution in [0.3, 0.4) is 0 Å². The molecule has 0 aliphatic carbocycles. The molecule has 1 amide bonds. The monoisotopic (exact) mass is 468 g/mol. The van der Waals surface area contributed by atoms with E-state index in [9.17, 15) is 14.9 Å². The lowest BCUT2D eigenvalue weighted by Crippen LogP contribution is -2.21. The van der Waals surface area contributed by atoms with Gasteiger partial charge in [-0.15, -0.1) is 10.2 Å². The summed E-state index contributed by atoms with van der Waals surface area (Å²) in [5, 5.41) is 23.1. The van der Waals surface area contributed by atoms with Crippen molar-refractivity contribution < 1.29 is 9.72 Å². The average Bonchev–Trinajstić information content (AvgIpc) is 3.23. The van der Waals surface area contributed by atoms with Crippen molar-refractivity contribution in [2.45, 2.75) is 39.4 Å². The van der Waals surface area contributed by atoms with Crippen LogP contribution in [-0.4, -0.2) is 44.4 Å². The van der Waals surface area contributed by atoms with Gasteiger partial charge in [-0.3, -0.25) is 14.9 Å². The Morgan fingerprint density at radius 2 is 1.82 bits per heavy atom. The first-order chi connectivity index (χ1) is 15.9. The molecule has 0 spiro atoms. The molecule has 2 aromatic carbocycles. The standard InChI is InChI=1S/C23H28N6O3S/c1-5-27(6-2)18-11-9-17(10-12-18)22-25-26-23(28(22)7-3)33-15-21(30)24-19-13-8-16(4)14-20(19)29(31)32/h8-14H,5-7,15H2,1-4H3,(H,24,30). The zero-order chi connectivity index (χ0) is 24.0. The predicted molar refractivity (Wildman–Crippen MR) is 132 cm³/mol. The second-order valence-corrected chi connectivity index (χ2v) is 8.33. The van der Waals surface area contributed by atoms with Gasteiger partial charge < -0.3 is 14.8 Å². The third-order valence-electron chi connectivity index (χ3n) is 5.24. The molecule has 1 aromatic heterocycles. The van der Waals surface area contributed by atoms with Crippen molar-refractivity contribution in [2.75, 3.05) is 29.1 Å². The smallest absolute Gasteiger partial charge is 0.293 e. The number of carbonyl (C=O) groups is 1. The number of hydrogen-bond acceptors (Lipinski definition) is 7. The second-order valence-electron chi connectivity index (χ2n) is 7.38. The molecular formula is C23H28N6O3S. The van der Waals surface area contributed by atoms with Gasteiger partial charge in [0.2, 0.25) is 5.91 Å². The molecule has 0 saturated carbocycles. The predicted octanol–water partition coefficient (Wildman–Crippen LogP) is 4.76. The third kappa shape index (κ3) is 5.70. The van der Waals surface area contributed by atoms with E-state index in [1.54, 1.807) is 19.1 Å². The van der Waals surface area contributed by atoms with Crippen LogP contribution < -0.4 is 10.2 Å². The van der Waals surface area contributed by atoms with Gasteiger partial charge in [0.25, 0.3) is 5.69 Å². The van der Waals surface area contributed by atoms with Gasteiger partial charge in [-0.05, 0) is 63.6 Å². The molecule has 10 heteroatoms. The van der Waals surface area contributed by atoms with E-state index in [1.807, 2.05) is 23.6 Å². The lowest BCUT2D eigenvalue weighted by molar-refractivity contribution is -0.384. The first kappa shape index (κ1) is 24.2. The Morgan fingerprint density at radius 1 is 1.12 bits per heavy atom. The van der Waals surface area contributed by atoms with E-state index < -0.39 is 4.92 Å². The van der Waals surface area contributed by atoms with Crippen LogP contribution in [0.4, 0.5) is 17.1 Å². The SMILES string of the molecule is CCN(CC)c1ccc(-c2nnc(SCC(=O)Nc3ccc(C)cc3[N+](=O)[O-])n2CC)cc1. The normalized spacial score (nSPS) is 10.8. The highest BCUT2D eigenvalue weighted by Crippen LogP contribution is 2.28. The molecule has 33 heavy (non-hydrogen) atoms. The number of thioether (sulfide) groups is 1. The Balaban J connectivity index is 1.71. The van der Waals surface area contributed by atoms with Crippen LogP contribution >= 0.6 is 11.8 Å². The van der Waals surface area contributed by atoms with Crippen LogP contribution in [0.25, 0.3) is 11.4 Å². The van der Waals surface area contributed by atoms with Crippen molar-refractivity contribution in [3.05, 3.63) is 58.1 Å². The largest absolute Gasteiger partial charge is 0.372 e. The summed E-state index contributed by atoms with van der Waals surface area (Å²) < 4.78 is 1.96. The van der Waals surface area contributed by atoms with Crippen molar-refractivity contribution in [3.63, 3.8) is 0 Å². The molecule has 1 N–H and O–H groups in total. The average molecular weight is 469 g/mol. The van der Waals surface area contributed by atoms with Gasteiger partial charge in [-0.1, -0.05) is 17.8 Å². The highest BCUT2D eigenvalue weighted by Gasteiger charge is 2.18. The zero-order valence-electron chi connectivity index (χ0n) is 19.2. The molecule has 9 nitrogen and oxygen atoms in total. The number of hydrogen-bond donors (Lipinski definition) is 1. The van der Waals surface area contributed by atoms with E-state index >= 15 is 0 Å². The van der Waals surface area contributed by atoms with E-state index in [2.05, 4.69) is 46.4 Å². The number of amides is 1. The van der Waals surface area contributed by atoms with E-state index in [0.717, 1.165) is 35.7 Å². The van der Waals surface area contributed by atoms with Crippen LogP contribution in [-0.2, 0) is 11.3 Å². The minimum Gasteiger partial charge on any atom is -0.372 e. The van der Waals surface area contributed by atoms with Gasteiger partial charge in [-0.25, -0.2) is 0 Å². The molecule has 0 radical (unpaired) electrons. The van der Waals surface area contributed by atoms with E-state index in [-0.39, 0.29) is 23.0 Å². The number of nitrogens with zero attached hydrogens (tertiary/aromatic N) is 5. The number of anilines is 2. The number of nitrogens with one attached hydrogen (secondary N) is 1. The Hall–Kier alpha value is -3.40. The van der Waals surface area contributed by atoms with Gasteiger partial charge in [0.05, 0.1) is 10.7 Å². The van der Waals surface area contributed by atoms with Gasteiger partial charge in [-0.2, -0.15) is 0 Å². The quantitative estimate of drug-likeness (QED) is 0.260. The van der Waals surface area contributed by atoms with E-state index in [4.69, 9.17) is 0 Å². The van der Waals surface area contributed by atoms with Crippen LogP contribution in [0.15, 0.2) is 47.6 Å². The summed E-state index contributed by atoms with van der Waals surface area (Å²) in [6.45, 7) is 10.5. The topological polar surface area (TPSA) is 106 Å². The first-order valence-electron chi connectivity index (χ1n) is 10.8. The Labute approximate surface area is 197 Å². The highest BCUT2D eigenvalue weighted by atomic mass is 32.2. The van der Waals surface area contributed by atoms with Gasteiger partial charge in [0, 0.05) is 37.0 Å². The third-order valence-corrected chi connectivity index (χ3v) is 6.21. The zero-order valence-corrected chi connectivity index (χ0v) is 20.1. The molecule has 3 aromatic rings. The molecule has 0 aliphatic rings. The van der Waals surface area contributed by atoms with Crippen LogP contribution in [0.5, 0.6) is 0 Å². The van der Waals surface area contributed by atoms with Crippen LogP contribution in [0, 0.1) is 17.0 Å². The van der Waals surface area contributed by atoms with Gasteiger partial charge in [0.15, 0.2) is 11.0 Å². The summed E-state index contributed by atoms with van der Waals surface area (Å²) in [5.41, 5.74) is 2.92. The fourth-order valence-corrected chi connectivity index (χ4v) is 4.32. The number of aryl methyl sites for hydroxylation is 1. The van der Waals surface area contributed by atoms with Gasteiger partial charge in [0.1, 0.15) is 5.69 Å². The summed E-state index contributed by atoms with van der Waals surface area (Å²) in [6.07, 6.45) is 0. The maximum atomic E-state index is 12.5. The molecular weight excluding hydrogens is 440 g/mol. The van der Waals surface area contributed by atoms with Crippen molar-refractivity contribution >= 4 is 34.7 Å². The summed E-state index contributed by atoms with van der Waals surface area (Å²) in [4.78, 5) is 25.5. The summed E-state index contributed by atoms with van der Waals surface area (Å²) >= 11 is 1.25. The van der Waals surface area contributed by atoms with E-state index in [1.165, 1.54) is 17.8 Å². The minimum absolute atomic E-state index is 0.0596. The number of nitro groups is 1. The maximum absolute atomic E-state index is 12.5. The van der Waals surface area contributed by atoms with Crippen molar-refractivity contribution in [1.29, 1.82) is 0 Å². The number of carbonyl (C=O) groups excluding carboxylic acids is 1. The Morgan fingerprint density at radius 3 is 2.42 bits per heavy atom.